The van der Waals surface area contributed by atoms with Crippen LogP contribution in [0.1, 0.15) is 41.2 Å². The molecule has 0 bridgehead atoms. The molecule has 0 saturated carbocycles. The van der Waals surface area contributed by atoms with Crippen molar-refractivity contribution in [3.63, 3.8) is 0 Å². The van der Waals surface area contributed by atoms with Gasteiger partial charge in [0.25, 0.3) is 5.91 Å². The highest BCUT2D eigenvalue weighted by Gasteiger charge is 2.52. The Labute approximate surface area is 293 Å². The van der Waals surface area contributed by atoms with E-state index in [0.717, 1.165) is 39.1 Å². The number of carbonyl (C=O) groups is 1. The van der Waals surface area contributed by atoms with Crippen molar-refractivity contribution in [2.45, 2.75) is 30.9 Å². The average molecular weight is 667 g/mol. The first-order chi connectivity index (χ1) is 24.6. The fourth-order valence-electron chi connectivity index (χ4n) is 6.11. The van der Waals surface area contributed by atoms with Gasteiger partial charge in [-0.2, -0.15) is 0 Å². The maximum absolute atomic E-state index is 14.6. The summed E-state index contributed by atoms with van der Waals surface area (Å²) in [5.41, 5.74) is 4.50. The number of aliphatic imine (C=N–C) groups is 1. The fraction of sp³-hybridized carbons (Fsp3) is 0.209. The van der Waals surface area contributed by atoms with Crippen LogP contribution in [0.4, 0.5) is 0 Å². The summed E-state index contributed by atoms with van der Waals surface area (Å²) >= 11 is 0. The molecule has 2 atom stereocenters. The Morgan fingerprint density at radius 1 is 0.840 bits per heavy atom. The summed E-state index contributed by atoms with van der Waals surface area (Å²) in [6.07, 6.45) is 4.78. The van der Waals surface area contributed by atoms with E-state index in [1.165, 1.54) is 0 Å². The molecule has 0 saturated heterocycles. The molecule has 0 fully saturated rings. The van der Waals surface area contributed by atoms with E-state index in [4.69, 9.17) is 24.3 Å². The number of ether oxygens (including phenoxy) is 3. The highest BCUT2D eigenvalue weighted by Crippen LogP contribution is 2.43. The van der Waals surface area contributed by atoms with Crippen LogP contribution in [0.15, 0.2) is 145 Å². The van der Waals surface area contributed by atoms with E-state index < -0.39 is 11.6 Å². The standard InChI is InChI=1S/C43H42N2O5/c1-48-39-18-9-8-17-35(39)27-29-44-42(47)43(28-10-14-32-12-4-2-5-13-32)40(36-21-19-34(20-22-36)33-15-6-3-7-16-33)50-41(45-43)37-23-25-38(26-24-37)49-31-11-30-46/h2-10,12-26,40,46H,11,27-31H2,1H3,(H,44,47)/b14-10+/t40-,43-/m1/s1. The lowest BCUT2D eigenvalue weighted by molar-refractivity contribution is -0.128. The van der Waals surface area contributed by atoms with Crippen LogP contribution in [0, 0.1) is 0 Å². The number of hydrogen-bond donors (Lipinski definition) is 2. The Balaban J connectivity index is 1.36. The molecule has 1 amide bonds. The summed E-state index contributed by atoms with van der Waals surface area (Å²) in [6, 6.07) is 43.7. The van der Waals surface area contributed by atoms with Gasteiger partial charge in [0.15, 0.2) is 11.6 Å². The predicted molar refractivity (Wildman–Crippen MR) is 198 cm³/mol. The van der Waals surface area contributed by atoms with Crippen LogP contribution in [0.3, 0.4) is 0 Å². The van der Waals surface area contributed by atoms with Crippen molar-refractivity contribution >= 4 is 17.9 Å². The lowest BCUT2D eigenvalue weighted by Crippen LogP contribution is -2.48. The largest absolute Gasteiger partial charge is 0.496 e. The van der Waals surface area contributed by atoms with Crippen LogP contribution in [0.2, 0.25) is 0 Å². The van der Waals surface area contributed by atoms with Crippen LogP contribution >= 0.6 is 0 Å². The minimum absolute atomic E-state index is 0.0677. The second kappa shape index (κ2) is 16.6. The monoisotopic (exact) mass is 666 g/mol. The number of nitrogens with one attached hydrogen (secondary N) is 1. The van der Waals surface area contributed by atoms with Crippen LogP contribution in [-0.2, 0) is 16.0 Å². The summed E-state index contributed by atoms with van der Waals surface area (Å²) in [6.45, 7) is 0.881. The molecule has 0 aliphatic carbocycles. The van der Waals surface area contributed by atoms with Gasteiger partial charge < -0.3 is 24.6 Å². The number of carbonyl (C=O) groups excluding carboxylic acids is 1. The van der Waals surface area contributed by atoms with Gasteiger partial charge in [0.2, 0.25) is 5.90 Å². The van der Waals surface area contributed by atoms with Gasteiger partial charge in [-0.05, 0) is 64.6 Å². The molecule has 1 aliphatic heterocycles. The van der Waals surface area contributed by atoms with Crippen molar-refractivity contribution < 1.29 is 24.1 Å². The number of nitrogens with zero attached hydrogens (tertiary/aromatic N) is 1. The molecule has 2 N–H and O–H groups in total. The first kappa shape index (κ1) is 34.2. The van der Waals surface area contributed by atoms with Gasteiger partial charge in [-0.15, -0.1) is 0 Å². The number of aliphatic hydroxyl groups is 1. The van der Waals surface area contributed by atoms with E-state index >= 15 is 0 Å². The number of methoxy groups -OCH3 is 1. The highest BCUT2D eigenvalue weighted by atomic mass is 16.5. The number of aliphatic hydroxyl groups excluding tert-OH is 1. The Hall–Kier alpha value is -5.66. The third-order valence-electron chi connectivity index (χ3n) is 8.76. The zero-order chi connectivity index (χ0) is 34.6. The predicted octanol–water partition coefficient (Wildman–Crippen LogP) is 7.84. The first-order valence-electron chi connectivity index (χ1n) is 17.0. The summed E-state index contributed by atoms with van der Waals surface area (Å²) in [5.74, 6) is 1.63. The van der Waals surface area contributed by atoms with E-state index in [1.807, 2.05) is 121 Å². The summed E-state index contributed by atoms with van der Waals surface area (Å²) in [7, 11) is 1.65. The number of benzene rings is 5. The normalized spacial score (nSPS) is 16.8. The van der Waals surface area contributed by atoms with Crippen molar-refractivity contribution in [3.8, 4) is 22.6 Å². The Kier molecular flexibility index (Phi) is 11.4. The van der Waals surface area contributed by atoms with Crippen LogP contribution in [0.5, 0.6) is 11.5 Å². The van der Waals surface area contributed by atoms with Crippen molar-refractivity contribution in [2.75, 3.05) is 26.9 Å². The summed E-state index contributed by atoms with van der Waals surface area (Å²) < 4.78 is 18.0. The van der Waals surface area contributed by atoms with Crippen molar-refractivity contribution in [2.24, 2.45) is 4.99 Å². The fourth-order valence-corrected chi connectivity index (χ4v) is 6.11. The van der Waals surface area contributed by atoms with Gasteiger partial charge >= 0.3 is 0 Å². The van der Waals surface area contributed by atoms with Crippen LogP contribution < -0.4 is 14.8 Å². The van der Waals surface area contributed by atoms with Gasteiger partial charge in [0, 0.05) is 31.6 Å². The number of para-hydroxylation sites is 1. The van der Waals surface area contributed by atoms with Crippen LogP contribution in [0.25, 0.3) is 17.2 Å². The Morgan fingerprint density at radius 3 is 2.22 bits per heavy atom. The summed E-state index contributed by atoms with van der Waals surface area (Å²) in [4.78, 5) is 19.8. The van der Waals surface area contributed by atoms with Gasteiger partial charge in [-0.1, -0.05) is 115 Å². The van der Waals surface area contributed by atoms with E-state index in [0.29, 0.717) is 44.1 Å². The zero-order valence-corrected chi connectivity index (χ0v) is 28.2. The second-order valence-electron chi connectivity index (χ2n) is 12.1. The second-order valence-corrected chi connectivity index (χ2v) is 12.1. The van der Waals surface area contributed by atoms with Gasteiger partial charge in [-0.3, -0.25) is 4.79 Å². The van der Waals surface area contributed by atoms with E-state index in [9.17, 15) is 4.79 Å². The molecule has 0 radical (unpaired) electrons. The third kappa shape index (κ3) is 8.13. The number of amides is 1. The molecule has 0 unspecified atom stereocenters. The molecule has 5 aromatic rings. The topological polar surface area (TPSA) is 89.4 Å². The van der Waals surface area contributed by atoms with Gasteiger partial charge in [-0.25, -0.2) is 4.99 Å². The summed E-state index contributed by atoms with van der Waals surface area (Å²) in [5, 5.41) is 12.3. The minimum atomic E-state index is -1.30. The molecule has 6 rings (SSSR count). The Morgan fingerprint density at radius 2 is 1.50 bits per heavy atom. The maximum Gasteiger partial charge on any atom is 0.252 e. The highest BCUT2D eigenvalue weighted by molar-refractivity contribution is 6.01. The number of rotatable bonds is 15. The van der Waals surface area contributed by atoms with Crippen molar-refractivity contribution in [1.29, 1.82) is 0 Å². The average Bonchev–Trinajstić information content (AvgIpc) is 3.57. The first-order valence-corrected chi connectivity index (χ1v) is 17.0. The van der Waals surface area contributed by atoms with Crippen LogP contribution in [-0.4, -0.2) is 49.3 Å². The minimum Gasteiger partial charge on any atom is -0.496 e. The maximum atomic E-state index is 14.6. The zero-order valence-electron chi connectivity index (χ0n) is 28.2. The van der Waals surface area contributed by atoms with Gasteiger partial charge in [0.1, 0.15) is 11.5 Å². The number of hydrogen-bond acceptors (Lipinski definition) is 6. The van der Waals surface area contributed by atoms with E-state index in [1.54, 1.807) is 7.11 Å². The molecule has 1 heterocycles. The lowest BCUT2D eigenvalue weighted by atomic mass is 9.83. The van der Waals surface area contributed by atoms with Crippen molar-refractivity contribution in [3.05, 3.63) is 162 Å². The molecule has 1 aliphatic rings. The molecule has 7 heteroatoms. The SMILES string of the molecule is COc1ccccc1CCNC(=O)[C@]1(C/C=C/c2ccccc2)N=C(c2ccc(OCCCO)cc2)O[C@@H]1c1ccc(-c2ccccc2)cc1. The lowest BCUT2D eigenvalue weighted by Gasteiger charge is -2.30. The molecule has 5 aromatic carbocycles. The smallest absolute Gasteiger partial charge is 0.252 e. The molecular formula is C43H42N2O5. The van der Waals surface area contributed by atoms with E-state index in [-0.39, 0.29) is 12.5 Å². The molecule has 0 spiro atoms. The molecule has 7 nitrogen and oxygen atoms in total. The molecule has 0 aromatic heterocycles. The third-order valence-corrected chi connectivity index (χ3v) is 8.76. The van der Waals surface area contributed by atoms with Gasteiger partial charge in [0.05, 0.1) is 13.7 Å². The quantitative estimate of drug-likeness (QED) is 0.111. The Bertz CT molecular complexity index is 1890. The van der Waals surface area contributed by atoms with E-state index in [2.05, 4.69) is 29.6 Å². The van der Waals surface area contributed by atoms with Crippen molar-refractivity contribution in [1.82, 2.24) is 5.32 Å². The molecule has 254 valence electrons. The molecule has 50 heavy (non-hydrogen) atoms. The molecular weight excluding hydrogens is 624 g/mol.